The highest BCUT2D eigenvalue weighted by molar-refractivity contribution is 9.10. The van der Waals surface area contributed by atoms with Gasteiger partial charge in [-0.15, -0.1) is 0 Å². The lowest BCUT2D eigenvalue weighted by atomic mass is 10.2. The molecule has 0 heterocycles. The Morgan fingerprint density at radius 1 is 1.11 bits per heavy atom. The van der Waals surface area contributed by atoms with Crippen LogP contribution in [0, 0.1) is 6.92 Å². The van der Waals surface area contributed by atoms with Gasteiger partial charge in [-0.05, 0) is 49.2 Å². The van der Waals surface area contributed by atoms with E-state index < -0.39 is 0 Å². The Labute approximate surface area is 122 Å². The van der Waals surface area contributed by atoms with Crippen molar-refractivity contribution in [2.75, 3.05) is 18.5 Å². The fourth-order valence-electron chi connectivity index (χ4n) is 1.83. The molecule has 0 aliphatic heterocycles. The predicted octanol–water partition coefficient (Wildman–Crippen LogP) is 4.64. The fourth-order valence-corrected chi connectivity index (χ4v) is 2.30. The minimum atomic E-state index is 0.729. The molecule has 2 nitrogen and oxygen atoms in total. The Morgan fingerprint density at radius 3 is 2.63 bits per heavy atom. The average Bonchev–Trinajstić information content (AvgIpc) is 2.42. The zero-order valence-corrected chi connectivity index (χ0v) is 12.6. The molecule has 0 saturated carbocycles. The zero-order chi connectivity index (χ0) is 13.5. The highest BCUT2D eigenvalue weighted by Crippen LogP contribution is 2.19. The van der Waals surface area contributed by atoms with Crippen molar-refractivity contribution in [1.29, 1.82) is 0 Å². The molecule has 0 atom stereocenters. The molecule has 0 saturated heterocycles. The standard InChI is InChI=1S/C16H18BrNO/c1-13-12-14(17)8-9-16(13)18-10-5-11-19-15-6-3-2-4-7-15/h2-4,6-9,12,18H,5,10-11H2,1H3. The van der Waals surface area contributed by atoms with Crippen LogP contribution in [0.15, 0.2) is 53.0 Å². The molecule has 0 fully saturated rings. The number of benzene rings is 2. The molecule has 0 amide bonds. The Bertz CT molecular complexity index is 513. The van der Waals surface area contributed by atoms with Crippen LogP contribution < -0.4 is 10.1 Å². The lowest BCUT2D eigenvalue weighted by Gasteiger charge is -2.10. The number of ether oxygens (including phenoxy) is 1. The van der Waals surface area contributed by atoms with E-state index in [4.69, 9.17) is 4.74 Å². The summed E-state index contributed by atoms with van der Waals surface area (Å²) in [6, 6.07) is 16.2. The molecule has 0 aromatic heterocycles. The molecule has 0 bridgehead atoms. The van der Waals surface area contributed by atoms with Gasteiger partial charge in [-0.3, -0.25) is 0 Å². The smallest absolute Gasteiger partial charge is 0.119 e. The van der Waals surface area contributed by atoms with Crippen LogP contribution in [0.3, 0.4) is 0 Å². The van der Waals surface area contributed by atoms with Gasteiger partial charge in [0.05, 0.1) is 6.61 Å². The summed E-state index contributed by atoms with van der Waals surface area (Å²) in [7, 11) is 0. The van der Waals surface area contributed by atoms with E-state index in [2.05, 4.69) is 46.4 Å². The summed E-state index contributed by atoms with van der Waals surface area (Å²) < 4.78 is 6.76. The fraction of sp³-hybridized carbons (Fsp3) is 0.250. The van der Waals surface area contributed by atoms with E-state index in [-0.39, 0.29) is 0 Å². The molecule has 2 aromatic rings. The van der Waals surface area contributed by atoms with Crippen molar-refractivity contribution in [2.45, 2.75) is 13.3 Å². The summed E-state index contributed by atoms with van der Waals surface area (Å²) in [5.74, 6) is 0.933. The predicted molar refractivity (Wildman–Crippen MR) is 83.9 cm³/mol. The summed E-state index contributed by atoms with van der Waals surface area (Å²) in [6.45, 7) is 3.75. The molecule has 2 aromatic carbocycles. The number of aryl methyl sites for hydroxylation is 1. The average molecular weight is 320 g/mol. The summed E-state index contributed by atoms with van der Waals surface area (Å²) in [5.41, 5.74) is 2.43. The van der Waals surface area contributed by atoms with Crippen molar-refractivity contribution in [1.82, 2.24) is 0 Å². The summed E-state index contributed by atoms with van der Waals surface area (Å²) >= 11 is 3.47. The van der Waals surface area contributed by atoms with Gasteiger partial charge in [0.2, 0.25) is 0 Å². The van der Waals surface area contributed by atoms with Crippen LogP contribution >= 0.6 is 15.9 Å². The SMILES string of the molecule is Cc1cc(Br)ccc1NCCCOc1ccccc1. The third kappa shape index (κ3) is 4.60. The molecule has 100 valence electrons. The highest BCUT2D eigenvalue weighted by Gasteiger charge is 1.98. The van der Waals surface area contributed by atoms with E-state index in [1.807, 2.05) is 30.3 Å². The minimum absolute atomic E-state index is 0.729. The highest BCUT2D eigenvalue weighted by atomic mass is 79.9. The van der Waals surface area contributed by atoms with Gasteiger partial charge in [0.15, 0.2) is 0 Å². The first-order valence-electron chi connectivity index (χ1n) is 6.43. The van der Waals surface area contributed by atoms with Crippen molar-refractivity contribution in [3.05, 3.63) is 58.6 Å². The van der Waals surface area contributed by atoms with Crippen LogP contribution in [0.5, 0.6) is 5.75 Å². The first kappa shape index (κ1) is 13.9. The Morgan fingerprint density at radius 2 is 1.89 bits per heavy atom. The van der Waals surface area contributed by atoms with Gasteiger partial charge in [0.1, 0.15) is 5.75 Å². The Balaban J connectivity index is 1.69. The van der Waals surface area contributed by atoms with Crippen LogP contribution in [0.25, 0.3) is 0 Å². The molecular weight excluding hydrogens is 302 g/mol. The molecule has 0 radical (unpaired) electrons. The maximum atomic E-state index is 5.65. The molecule has 19 heavy (non-hydrogen) atoms. The number of rotatable bonds is 6. The molecule has 1 N–H and O–H groups in total. The molecule has 3 heteroatoms. The Kier molecular flexibility index (Phi) is 5.28. The van der Waals surface area contributed by atoms with Gasteiger partial charge in [-0.2, -0.15) is 0 Å². The number of para-hydroxylation sites is 1. The topological polar surface area (TPSA) is 21.3 Å². The lowest BCUT2D eigenvalue weighted by molar-refractivity contribution is 0.315. The third-order valence-corrected chi connectivity index (χ3v) is 3.33. The lowest BCUT2D eigenvalue weighted by Crippen LogP contribution is -2.08. The van der Waals surface area contributed by atoms with E-state index in [0.29, 0.717) is 0 Å². The van der Waals surface area contributed by atoms with Crippen LogP contribution in [-0.4, -0.2) is 13.2 Å². The summed E-state index contributed by atoms with van der Waals surface area (Å²) in [5, 5.41) is 3.43. The van der Waals surface area contributed by atoms with E-state index in [1.54, 1.807) is 0 Å². The molecule has 0 aliphatic carbocycles. The van der Waals surface area contributed by atoms with Crippen molar-refractivity contribution < 1.29 is 4.74 Å². The largest absolute Gasteiger partial charge is 0.494 e. The van der Waals surface area contributed by atoms with Crippen LogP contribution in [-0.2, 0) is 0 Å². The van der Waals surface area contributed by atoms with Crippen molar-refractivity contribution in [3.8, 4) is 5.75 Å². The van der Waals surface area contributed by atoms with E-state index >= 15 is 0 Å². The number of halogens is 1. The number of anilines is 1. The molecular formula is C16H18BrNO. The quantitative estimate of drug-likeness (QED) is 0.783. The van der Waals surface area contributed by atoms with Gasteiger partial charge in [0, 0.05) is 16.7 Å². The first-order valence-corrected chi connectivity index (χ1v) is 7.23. The number of nitrogens with one attached hydrogen (secondary N) is 1. The van der Waals surface area contributed by atoms with E-state index in [9.17, 15) is 0 Å². The summed E-state index contributed by atoms with van der Waals surface area (Å²) in [4.78, 5) is 0. The summed E-state index contributed by atoms with van der Waals surface area (Å²) in [6.07, 6.45) is 0.977. The second kappa shape index (κ2) is 7.19. The van der Waals surface area contributed by atoms with E-state index in [1.165, 1.54) is 11.3 Å². The third-order valence-electron chi connectivity index (χ3n) is 2.84. The van der Waals surface area contributed by atoms with Crippen LogP contribution in [0.2, 0.25) is 0 Å². The van der Waals surface area contributed by atoms with Gasteiger partial charge in [-0.25, -0.2) is 0 Å². The number of hydrogen-bond donors (Lipinski definition) is 1. The second-order valence-corrected chi connectivity index (χ2v) is 5.32. The number of hydrogen-bond acceptors (Lipinski definition) is 2. The van der Waals surface area contributed by atoms with Crippen molar-refractivity contribution in [2.24, 2.45) is 0 Å². The molecule has 0 aliphatic rings. The maximum absolute atomic E-state index is 5.65. The molecule has 0 spiro atoms. The monoisotopic (exact) mass is 319 g/mol. The normalized spacial score (nSPS) is 10.2. The second-order valence-electron chi connectivity index (χ2n) is 4.40. The van der Waals surface area contributed by atoms with Gasteiger partial charge in [0.25, 0.3) is 0 Å². The van der Waals surface area contributed by atoms with Gasteiger partial charge >= 0.3 is 0 Å². The molecule has 0 unspecified atom stereocenters. The zero-order valence-electron chi connectivity index (χ0n) is 11.0. The maximum Gasteiger partial charge on any atom is 0.119 e. The Hall–Kier alpha value is -1.48. The molecule has 2 rings (SSSR count). The minimum Gasteiger partial charge on any atom is -0.494 e. The van der Waals surface area contributed by atoms with Crippen molar-refractivity contribution in [3.63, 3.8) is 0 Å². The van der Waals surface area contributed by atoms with Crippen LogP contribution in [0.4, 0.5) is 5.69 Å². The first-order chi connectivity index (χ1) is 9.25. The van der Waals surface area contributed by atoms with E-state index in [0.717, 1.165) is 29.8 Å². The van der Waals surface area contributed by atoms with Gasteiger partial charge < -0.3 is 10.1 Å². The van der Waals surface area contributed by atoms with Gasteiger partial charge in [-0.1, -0.05) is 34.1 Å². The van der Waals surface area contributed by atoms with Crippen LogP contribution in [0.1, 0.15) is 12.0 Å². The van der Waals surface area contributed by atoms with Crippen molar-refractivity contribution >= 4 is 21.6 Å².